The number of fused-ring (bicyclic) bond motifs is 4. The van der Waals surface area contributed by atoms with E-state index in [1.165, 1.54) is 56.0 Å². The summed E-state index contributed by atoms with van der Waals surface area (Å²) in [5.74, 6) is 0. The number of allylic oxidation sites excluding steroid dienone is 7. The second-order valence-corrected chi connectivity index (χ2v) is 13.3. The minimum absolute atomic E-state index is 0.102. The van der Waals surface area contributed by atoms with E-state index in [1.54, 1.807) is 0 Å². The van der Waals surface area contributed by atoms with Crippen LogP contribution < -0.4 is 4.90 Å². The lowest BCUT2D eigenvalue weighted by Gasteiger charge is -2.30. The summed E-state index contributed by atoms with van der Waals surface area (Å²) in [4.78, 5) is 2.54. The molecule has 4 aromatic carbocycles. The number of halogens is 1. The van der Waals surface area contributed by atoms with Gasteiger partial charge >= 0.3 is 0 Å². The third-order valence-corrected chi connectivity index (χ3v) is 9.43. The molecule has 0 atom stereocenters. The van der Waals surface area contributed by atoms with Crippen molar-refractivity contribution in [2.75, 3.05) is 11.4 Å². The molecule has 1 nitrogen and oxygen atoms in total. The first-order chi connectivity index (χ1) is 19.6. The zero-order valence-electron chi connectivity index (χ0n) is 25.4. The van der Waals surface area contributed by atoms with E-state index in [2.05, 4.69) is 166 Å². The molecular weight excluding hydrogens is 562 g/mol. The fourth-order valence-corrected chi connectivity index (χ4v) is 6.83. The van der Waals surface area contributed by atoms with Crippen LogP contribution in [0.25, 0.3) is 21.5 Å². The maximum atomic E-state index is 4.53. The van der Waals surface area contributed by atoms with Gasteiger partial charge in [0.2, 0.25) is 0 Å². The van der Waals surface area contributed by atoms with Gasteiger partial charge in [0, 0.05) is 33.2 Å². The molecule has 5 rings (SSSR count). The van der Waals surface area contributed by atoms with Crippen molar-refractivity contribution in [2.24, 2.45) is 0 Å². The van der Waals surface area contributed by atoms with Crippen molar-refractivity contribution < 1.29 is 0 Å². The van der Waals surface area contributed by atoms with Gasteiger partial charge in [0.1, 0.15) is 0 Å². The predicted molar refractivity (Wildman–Crippen MR) is 184 cm³/mol. The average molecular weight is 605 g/mol. The van der Waals surface area contributed by atoms with Crippen LogP contribution in [0.5, 0.6) is 0 Å². The molecular formula is C39H42BrN. The highest BCUT2D eigenvalue weighted by atomic mass is 79.9. The first-order valence-corrected chi connectivity index (χ1v) is 15.6. The molecule has 0 amide bonds. The Labute approximate surface area is 255 Å². The van der Waals surface area contributed by atoms with Crippen LogP contribution in [0, 0.1) is 6.92 Å². The maximum absolute atomic E-state index is 4.53. The van der Waals surface area contributed by atoms with Crippen LogP contribution in [0.3, 0.4) is 0 Å². The number of rotatable bonds is 8. The summed E-state index contributed by atoms with van der Waals surface area (Å²) in [7, 11) is 0. The Morgan fingerprint density at radius 3 is 2.24 bits per heavy atom. The molecule has 210 valence electrons. The van der Waals surface area contributed by atoms with E-state index in [-0.39, 0.29) is 10.8 Å². The Morgan fingerprint density at radius 2 is 1.54 bits per heavy atom. The number of hydrogen-bond donors (Lipinski definition) is 0. The minimum Gasteiger partial charge on any atom is -0.344 e. The predicted octanol–water partition coefficient (Wildman–Crippen LogP) is 11.5. The molecule has 0 N–H and O–H groups in total. The van der Waals surface area contributed by atoms with Crippen LogP contribution in [0.1, 0.15) is 64.2 Å². The fraction of sp³-hybridized carbons (Fsp3) is 0.282. The summed E-state index contributed by atoms with van der Waals surface area (Å²) in [6.45, 7) is 19.3. The number of aryl methyl sites for hydroxylation is 1. The third kappa shape index (κ3) is 5.35. The molecule has 1 aliphatic rings. The Hall–Kier alpha value is -3.36. The van der Waals surface area contributed by atoms with Crippen molar-refractivity contribution >= 4 is 43.2 Å². The van der Waals surface area contributed by atoms with E-state index in [9.17, 15) is 0 Å². The molecule has 0 aromatic heterocycles. The van der Waals surface area contributed by atoms with E-state index in [4.69, 9.17) is 0 Å². The second-order valence-electron chi connectivity index (χ2n) is 12.4. The smallest absolute Gasteiger partial charge is 0.0457 e. The first kappa shape index (κ1) is 29.1. The van der Waals surface area contributed by atoms with Crippen molar-refractivity contribution in [1.82, 2.24) is 0 Å². The van der Waals surface area contributed by atoms with E-state index in [1.807, 2.05) is 0 Å². The Morgan fingerprint density at radius 1 is 0.902 bits per heavy atom. The van der Waals surface area contributed by atoms with Gasteiger partial charge in [-0.3, -0.25) is 0 Å². The molecule has 2 heteroatoms. The Kier molecular flexibility index (Phi) is 8.17. The Balaban J connectivity index is 1.47. The first-order valence-electron chi connectivity index (χ1n) is 14.8. The highest BCUT2D eigenvalue weighted by Gasteiger charge is 2.40. The second kappa shape index (κ2) is 11.5. The lowest BCUT2D eigenvalue weighted by molar-refractivity contribution is 0.628. The van der Waals surface area contributed by atoms with Crippen LogP contribution in [-0.2, 0) is 10.8 Å². The molecule has 4 aromatic rings. The van der Waals surface area contributed by atoms with Gasteiger partial charge in [-0.1, -0.05) is 136 Å². The normalized spacial score (nSPS) is 16.3. The molecule has 0 fully saturated rings. The van der Waals surface area contributed by atoms with Crippen LogP contribution in [-0.4, -0.2) is 6.54 Å². The number of hydrogen-bond acceptors (Lipinski definition) is 1. The monoisotopic (exact) mass is 603 g/mol. The highest BCUT2D eigenvalue weighted by Crippen LogP contribution is 2.51. The third-order valence-electron chi connectivity index (χ3n) is 8.90. The van der Waals surface area contributed by atoms with Crippen LogP contribution >= 0.6 is 15.9 Å². The van der Waals surface area contributed by atoms with Gasteiger partial charge in [0.05, 0.1) is 0 Å². The van der Waals surface area contributed by atoms with Crippen molar-refractivity contribution in [3.05, 3.63) is 136 Å². The Bertz CT molecular complexity index is 1710. The number of nitrogens with zero attached hydrogens (tertiary/aromatic N) is 1. The van der Waals surface area contributed by atoms with Gasteiger partial charge in [0.25, 0.3) is 0 Å². The molecule has 0 unspecified atom stereocenters. The van der Waals surface area contributed by atoms with Crippen molar-refractivity contribution in [3.8, 4) is 0 Å². The van der Waals surface area contributed by atoms with Crippen molar-refractivity contribution in [3.63, 3.8) is 0 Å². The van der Waals surface area contributed by atoms with Crippen LogP contribution in [0.15, 0.2) is 119 Å². The van der Waals surface area contributed by atoms with E-state index >= 15 is 0 Å². The summed E-state index contributed by atoms with van der Waals surface area (Å²) in [6, 6.07) is 26.5. The summed E-state index contributed by atoms with van der Waals surface area (Å²) < 4.78 is 1.03. The standard InChI is InChI=1S/C39H42BrN/c1-8-9-26-41-34-24-21-30-15-11-13-17-33(30)37(34)39(6,7)35(41)25-23-31(40)22-19-28(3)38(4,5)36-27(2)18-20-29-14-10-12-16-32(29)36/h10-25H,3,8-9,26H2,1-2,4-7H3/b22-19+,31-23-,35-25+. The molecule has 0 aliphatic carbocycles. The van der Waals surface area contributed by atoms with E-state index in [0.29, 0.717) is 0 Å². The molecule has 0 spiro atoms. The van der Waals surface area contributed by atoms with Gasteiger partial charge in [-0.15, -0.1) is 0 Å². The van der Waals surface area contributed by atoms with Crippen molar-refractivity contribution in [2.45, 2.75) is 65.2 Å². The number of benzene rings is 4. The molecule has 0 saturated carbocycles. The minimum atomic E-state index is -0.208. The molecule has 1 heterocycles. The van der Waals surface area contributed by atoms with Gasteiger partial charge in [-0.25, -0.2) is 0 Å². The van der Waals surface area contributed by atoms with Gasteiger partial charge in [-0.05, 0) is 81.4 Å². The fourth-order valence-electron chi connectivity index (χ4n) is 6.57. The van der Waals surface area contributed by atoms with E-state index < -0.39 is 0 Å². The molecule has 0 saturated heterocycles. The van der Waals surface area contributed by atoms with Gasteiger partial charge in [0.15, 0.2) is 0 Å². The maximum Gasteiger partial charge on any atom is 0.0457 e. The number of anilines is 1. The summed E-state index contributed by atoms with van der Waals surface area (Å²) in [6.07, 6.45) is 11.1. The van der Waals surface area contributed by atoms with Gasteiger partial charge in [-0.2, -0.15) is 0 Å². The zero-order chi connectivity index (χ0) is 29.4. The zero-order valence-corrected chi connectivity index (χ0v) is 27.0. The molecule has 0 radical (unpaired) electrons. The molecule has 0 bridgehead atoms. The molecule has 41 heavy (non-hydrogen) atoms. The molecule has 1 aliphatic heterocycles. The summed E-state index contributed by atoms with van der Waals surface area (Å²) in [5.41, 5.74) is 7.53. The SMILES string of the molecule is C=C(/C=C/C(Br)=C/C=C1/N(CCCC)c2ccc3ccccc3c2C1(C)C)C(C)(C)c1c(C)ccc2ccccc12. The lowest BCUT2D eigenvalue weighted by atomic mass is 9.74. The lowest BCUT2D eigenvalue weighted by Crippen LogP contribution is -2.27. The van der Waals surface area contributed by atoms with Crippen molar-refractivity contribution in [1.29, 1.82) is 0 Å². The summed E-state index contributed by atoms with van der Waals surface area (Å²) in [5, 5.41) is 5.23. The highest BCUT2D eigenvalue weighted by molar-refractivity contribution is 9.11. The quantitative estimate of drug-likeness (QED) is 0.181. The van der Waals surface area contributed by atoms with Gasteiger partial charge < -0.3 is 4.90 Å². The van der Waals surface area contributed by atoms with E-state index in [0.717, 1.165) is 23.0 Å². The number of unbranched alkanes of at least 4 members (excludes halogenated alkanes) is 1. The average Bonchev–Trinajstić information content (AvgIpc) is 3.18. The van der Waals surface area contributed by atoms with Crippen LogP contribution in [0.4, 0.5) is 5.69 Å². The topological polar surface area (TPSA) is 3.24 Å². The van der Waals surface area contributed by atoms with Crippen LogP contribution in [0.2, 0.25) is 0 Å². The largest absolute Gasteiger partial charge is 0.344 e. The summed E-state index contributed by atoms with van der Waals surface area (Å²) >= 11 is 3.85.